The molecule has 0 bridgehead atoms. The summed E-state index contributed by atoms with van der Waals surface area (Å²) in [7, 11) is 0. The molecule has 3 N–H and O–H groups in total. The van der Waals surface area contributed by atoms with Gasteiger partial charge in [-0.3, -0.25) is 9.59 Å². The minimum Gasteiger partial charge on any atom is -0.507 e. The van der Waals surface area contributed by atoms with Crippen molar-refractivity contribution in [2.45, 2.75) is 31.1 Å². The van der Waals surface area contributed by atoms with E-state index in [-0.39, 0.29) is 51.7 Å². The third-order valence-corrected chi connectivity index (χ3v) is 7.51. The van der Waals surface area contributed by atoms with Gasteiger partial charge in [0.25, 0.3) is 0 Å². The Morgan fingerprint density at radius 2 is 1.36 bits per heavy atom. The fourth-order valence-electron chi connectivity index (χ4n) is 5.14. The predicted octanol–water partition coefficient (Wildman–Crippen LogP) is 7.00. The second-order valence-electron chi connectivity index (χ2n) is 10.2. The molecule has 194 valence electrons. The highest BCUT2D eigenvalue weighted by Gasteiger charge is 2.45. The van der Waals surface area contributed by atoms with Crippen molar-refractivity contribution < 1.29 is 24.5 Å². The van der Waals surface area contributed by atoms with Gasteiger partial charge in [0, 0.05) is 17.0 Å². The van der Waals surface area contributed by atoms with E-state index in [0.717, 1.165) is 18.4 Å². The smallest absolute Gasteiger partial charge is 0.210 e. The first-order valence-corrected chi connectivity index (χ1v) is 13.1. The second kappa shape index (κ2) is 9.87. The van der Waals surface area contributed by atoms with Crippen LogP contribution < -0.4 is 4.74 Å². The number of nitrogens with one attached hydrogen (secondary N) is 1. The average molecular weight is 518 g/mol. The molecule has 0 radical (unpaired) electrons. The van der Waals surface area contributed by atoms with E-state index in [1.165, 1.54) is 6.07 Å². The van der Waals surface area contributed by atoms with Crippen LogP contribution in [0.4, 0.5) is 0 Å². The zero-order valence-electron chi connectivity index (χ0n) is 21.1. The number of phenols is 2. The van der Waals surface area contributed by atoms with E-state index in [1.807, 2.05) is 60.7 Å². The van der Waals surface area contributed by atoms with E-state index in [9.17, 15) is 19.8 Å². The molecule has 4 aromatic carbocycles. The van der Waals surface area contributed by atoms with Gasteiger partial charge in [-0.15, -0.1) is 0 Å². The third-order valence-electron chi connectivity index (χ3n) is 7.51. The Morgan fingerprint density at radius 3 is 2.00 bits per heavy atom. The van der Waals surface area contributed by atoms with Gasteiger partial charge in [0.1, 0.15) is 23.0 Å². The molecule has 0 saturated heterocycles. The Labute approximate surface area is 226 Å². The lowest BCUT2D eigenvalue weighted by molar-refractivity contribution is 0.103. The van der Waals surface area contributed by atoms with E-state index < -0.39 is 11.6 Å². The van der Waals surface area contributed by atoms with Gasteiger partial charge in [-0.25, -0.2) is 0 Å². The second-order valence-corrected chi connectivity index (χ2v) is 10.2. The van der Waals surface area contributed by atoms with Gasteiger partial charge in [0.15, 0.2) is 5.78 Å². The standard InChI is InChI=1S/C33H27NO5/c34-29(25-17-24(25)19-7-3-1-4-8-19)33(38)27-18-26(31(36)28(32(27)37)20-11-12-20)30(35)21-13-15-23(16-14-21)39-22-9-5-2-6-10-22/h1-10,13-16,18,20,24-25,34,36-37H,11-12,17H2. The number of carbonyl (C=O) groups excluding carboxylic acids is 2. The van der Waals surface area contributed by atoms with Crippen molar-refractivity contribution in [2.75, 3.05) is 0 Å². The fourth-order valence-corrected chi connectivity index (χ4v) is 5.14. The summed E-state index contributed by atoms with van der Waals surface area (Å²) in [5.41, 5.74) is 1.34. The SMILES string of the molecule is N=C(C(=O)c1cc(C(=O)c2ccc(Oc3ccccc3)cc2)c(O)c(C2CC2)c1O)C1CC1c1ccccc1. The van der Waals surface area contributed by atoms with E-state index in [1.54, 1.807) is 24.3 Å². The number of phenolic OH excluding ortho intramolecular Hbond substituents is 2. The minimum absolute atomic E-state index is 0.0574. The van der Waals surface area contributed by atoms with Crippen molar-refractivity contribution in [2.24, 2.45) is 5.92 Å². The summed E-state index contributed by atoms with van der Waals surface area (Å²) in [6, 6.07) is 26.8. The maximum atomic E-state index is 13.5. The minimum atomic E-state index is -0.613. The number of ether oxygens (including phenoxy) is 1. The fraction of sp³-hybridized carbons (Fsp3) is 0.182. The molecule has 2 unspecified atom stereocenters. The largest absolute Gasteiger partial charge is 0.507 e. The molecule has 0 spiro atoms. The van der Waals surface area contributed by atoms with E-state index >= 15 is 0 Å². The van der Waals surface area contributed by atoms with Crippen LogP contribution in [-0.2, 0) is 0 Å². The number of ketones is 2. The maximum Gasteiger partial charge on any atom is 0.210 e. The average Bonchev–Trinajstić information content (AvgIpc) is 3.89. The first-order chi connectivity index (χ1) is 18.9. The van der Waals surface area contributed by atoms with Crippen LogP contribution in [-0.4, -0.2) is 27.5 Å². The van der Waals surface area contributed by atoms with Crippen LogP contribution >= 0.6 is 0 Å². The zero-order chi connectivity index (χ0) is 27.1. The van der Waals surface area contributed by atoms with Gasteiger partial charge in [-0.1, -0.05) is 48.5 Å². The van der Waals surface area contributed by atoms with Crippen molar-refractivity contribution in [1.82, 2.24) is 0 Å². The summed E-state index contributed by atoms with van der Waals surface area (Å²) in [6.45, 7) is 0. The quantitative estimate of drug-likeness (QED) is 0.164. The maximum absolute atomic E-state index is 13.5. The van der Waals surface area contributed by atoms with Gasteiger partial charge in [0.2, 0.25) is 5.78 Å². The molecule has 2 fully saturated rings. The molecule has 0 amide bonds. The van der Waals surface area contributed by atoms with Crippen LogP contribution in [0.5, 0.6) is 23.0 Å². The predicted molar refractivity (Wildman–Crippen MR) is 147 cm³/mol. The van der Waals surface area contributed by atoms with Crippen LogP contribution in [0.15, 0.2) is 91.0 Å². The van der Waals surface area contributed by atoms with Gasteiger partial charge >= 0.3 is 0 Å². The van der Waals surface area contributed by atoms with E-state index in [0.29, 0.717) is 23.5 Å². The molecule has 39 heavy (non-hydrogen) atoms. The van der Waals surface area contributed by atoms with Gasteiger partial charge in [0.05, 0.1) is 16.8 Å². The molecule has 4 aromatic rings. The van der Waals surface area contributed by atoms with Crippen LogP contribution in [0.25, 0.3) is 0 Å². The molecule has 6 rings (SSSR count). The van der Waals surface area contributed by atoms with Crippen LogP contribution in [0.1, 0.15) is 68.5 Å². The van der Waals surface area contributed by atoms with Gasteiger partial charge < -0.3 is 20.4 Å². The Morgan fingerprint density at radius 1 is 0.769 bits per heavy atom. The molecule has 6 heteroatoms. The lowest BCUT2D eigenvalue weighted by Gasteiger charge is -2.15. The molecule has 2 aliphatic rings. The first-order valence-electron chi connectivity index (χ1n) is 13.1. The molecular weight excluding hydrogens is 490 g/mol. The molecule has 6 nitrogen and oxygen atoms in total. The molecule has 2 aliphatic carbocycles. The molecule has 0 aliphatic heterocycles. The first kappa shape index (κ1) is 24.6. The summed E-state index contributed by atoms with van der Waals surface area (Å²) >= 11 is 0. The van der Waals surface area contributed by atoms with Gasteiger partial charge in [-0.05, 0) is 79.1 Å². The number of para-hydroxylation sites is 1. The highest BCUT2D eigenvalue weighted by molar-refractivity contribution is 6.47. The van der Waals surface area contributed by atoms with E-state index in [2.05, 4.69) is 0 Å². The van der Waals surface area contributed by atoms with Gasteiger partial charge in [-0.2, -0.15) is 0 Å². The van der Waals surface area contributed by atoms with Crippen molar-refractivity contribution in [3.8, 4) is 23.0 Å². The number of carbonyl (C=O) groups is 2. The highest BCUT2D eigenvalue weighted by atomic mass is 16.5. The van der Waals surface area contributed by atoms with E-state index in [4.69, 9.17) is 10.1 Å². The Hall–Kier alpha value is -4.71. The number of hydrogen-bond donors (Lipinski definition) is 3. The normalized spacial score (nSPS) is 17.8. The lowest BCUT2D eigenvalue weighted by Crippen LogP contribution is -2.18. The van der Waals surface area contributed by atoms with Crippen LogP contribution in [0, 0.1) is 11.3 Å². The number of hydrogen-bond acceptors (Lipinski definition) is 6. The lowest BCUT2D eigenvalue weighted by atomic mass is 9.90. The van der Waals surface area contributed by atoms with Crippen molar-refractivity contribution in [3.05, 3.63) is 119 Å². The summed E-state index contributed by atoms with van der Waals surface area (Å²) in [4.78, 5) is 27.0. The molecule has 0 aromatic heterocycles. The zero-order valence-corrected chi connectivity index (χ0v) is 21.1. The van der Waals surface area contributed by atoms with Crippen molar-refractivity contribution in [1.29, 1.82) is 5.41 Å². The summed E-state index contributed by atoms with van der Waals surface area (Å²) in [5.74, 6) is -0.792. The van der Waals surface area contributed by atoms with Crippen LogP contribution in [0.3, 0.4) is 0 Å². The Bertz CT molecular complexity index is 1570. The summed E-state index contributed by atoms with van der Waals surface area (Å²) < 4.78 is 5.80. The summed E-state index contributed by atoms with van der Waals surface area (Å²) in [5, 5.41) is 30.7. The number of rotatable bonds is 9. The third kappa shape index (κ3) is 4.81. The van der Waals surface area contributed by atoms with Crippen LogP contribution in [0.2, 0.25) is 0 Å². The van der Waals surface area contributed by atoms with Crippen molar-refractivity contribution in [3.63, 3.8) is 0 Å². The molecular formula is C33H27NO5. The van der Waals surface area contributed by atoms with Crippen molar-refractivity contribution >= 4 is 17.3 Å². The molecule has 0 heterocycles. The summed E-state index contributed by atoms with van der Waals surface area (Å²) in [6.07, 6.45) is 2.17. The highest BCUT2D eigenvalue weighted by Crippen LogP contribution is 2.52. The number of Topliss-reactive ketones (excluding diaryl/α,β-unsaturated/α-hetero) is 1. The Kier molecular flexibility index (Phi) is 6.23. The molecule has 2 saturated carbocycles. The number of aromatic hydroxyl groups is 2. The number of benzene rings is 4. The Balaban J connectivity index is 1.29. The monoisotopic (exact) mass is 517 g/mol. The topological polar surface area (TPSA) is 108 Å². The molecule has 2 atom stereocenters.